The molecule has 3 heterocycles. The molecule has 3 rings (SSSR count). The van der Waals surface area contributed by atoms with Crippen molar-refractivity contribution in [1.29, 1.82) is 0 Å². The van der Waals surface area contributed by atoms with E-state index in [1.54, 1.807) is 18.3 Å². The number of hydrogen-bond donors (Lipinski definition) is 1. The molecular weight excluding hydrogens is 310 g/mol. The van der Waals surface area contributed by atoms with Gasteiger partial charge in [0, 0.05) is 38.0 Å². The summed E-state index contributed by atoms with van der Waals surface area (Å²) in [4.78, 5) is 27.1. The molecule has 0 saturated carbocycles. The van der Waals surface area contributed by atoms with Crippen LogP contribution in [-0.2, 0) is 4.79 Å². The van der Waals surface area contributed by atoms with Gasteiger partial charge in [0.05, 0.1) is 11.4 Å². The second-order valence-electron chi connectivity index (χ2n) is 6.15. The minimum Gasteiger partial charge on any atom is -0.383 e. The molecule has 7 heteroatoms. The summed E-state index contributed by atoms with van der Waals surface area (Å²) < 4.78 is 0. The Kier molecular flexibility index (Phi) is 4.25. The van der Waals surface area contributed by atoms with Gasteiger partial charge in [-0.05, 0) is 26.3 Å². The average Bonchev–Trinajstić information content (AvgIpc) is 2.81. The molecule has 0 bridgehead atoms. The third-order valence-corrected chi connectivity index (χ3v) is 5.86. The number of anilines is 1. The summed E-state index contributed by atoms with van der Waals surface area (Å²) in [7, 11) is 0. The topological polar surface area (TPSA) is 75.4 Å². The van der Waals surface area contributed by atoms with Crippen LogP contribution in [-0.4, -0.2) is 51.9 Å². The van der Waals surface area contributed by atoms with E-state index in [0.717, 1.165) is 42.2 Å². The molecule has 1 atom stereocenters. The zero-order valence-corrected chi connectivity index (χ0v) is 14.9. The Bertz CT molecular complexity index is 748. The zero-order valence-electron chi connectivity index (χ0n) is 14.1. The predicted octanol–water partition coefficient (Wildman–Crippen LogP) is 2.12. The summed E-state index contributed by atoms with van der Waals surface area (Å²) in [5, 5.41) is 0.991. The molecule has 2 N–H and O–H groups in total. The van der Waals surface area contributed by atoms with E-state index in [-0.39, 0.29) is 11.9 Å². The Balaban J connectivity index is 1.84. The highest BCUT2D eigenvalue weighted by Crippen LogP contribution is 2.33. The van der Waals surface area contributed by atoms with E-state index in [9.17, 15) is 4.79 Å². The largest absolute Gasteiger partial charge is 0.383 e. The van der Waals surface area contributed by atoms with Crippen LogP contribution in [0.1, 0.15) is 36.2 Å². The van der Waals surface area contributed by atoms with Crippen molar-refractivity contribution in [3.8, 4) is 0 Å². The number of carbonyl (C=O) groups is 1. The van der Waals surface area contributed by atoms with Gasteiger partial charge in [0.1, 0.15) is 16.5 Å². The number of hydrogen-bond acceptors (Lipinski definition) is 6. The molecule has 0 radical (unpaired) electrons. The van der Waals surface area contributed by atoms with Crippen LogP contribution >= 0.6 is 11.3 Å². The number of nitrogens with zero attached hydrogens (tertiary/aromatic N) is 4. The maximum atomic E-state index is 11.4. The van der Waals surface area contributed by atoms with E-state index in [2.05, 4.69) is 30.7 Å². The minimum absolute atomic E-state index is 0.0959. The summed E-state index contributed by atoms with van der Waals surface area (Å²) in [6.45, 7) is 11.1. The lowest BCUT2D eigenvalue weighted by Gasteiger charge is -2.37. The fourth-order valence-electron chi connectivity index (χ4n) is 3.07. The Labute approximate surface area is 140 Å². The molecule has 1 fully saturated rings. The number of piperazine rings is 1. The minimum atomic E-state index is 0.0959. The standard InChI is InChI=1S/C16H23N5OS/c1-9-11(3)23-16-13(9)14(17)18-15(19-16)10(2)20-5-7-21(8-6-20)12(4)22/h10H,5-8H2,1-4H3,(H2,17,18,19)/t10-/m1/s1. The molecule has 0 spiro atoms. The maximum Gasteiger partial charge on any atom is 0.219 e. The van der Waals surface area contributed by atoms with Crippen LogP contribution < -0.4 is 5.73 Å². The van der Waals surface area contributed by atoms with Gasteiger partial charge in [-0.3, -0.25) is 9.69 Å². The summed E-state index contributed by atoms with van der Waals surface area (Å²) in [5.41, 5.74) is 7.36. The molecule has 1 aliphatic rings. The van der Waals surface area contributed by atoms with Crippen molar-refractivity contribution >= 4 is 33.3 Å². The van der Waals surface area contributed by atoms with Crippen molar-refractivity contribution < 1.29 is 4.79 Å². The highest BCUT2D eigenvalue weighted by molar-refractivity contribution is 7.18. The molecule has 0 aromatic carbocycles. The number of nitrogens with two attached hydrogens (primary N) is 1. The lowest BCUT2D eigenvalue weighted by Crippen LogP contribution is -2.48. The van der Waals surface area contributed by atoms with Gasteiger partial charge in [0.25, 0.3) is 0 Å². The number of fused-ring (bicyclic) bond motifs is 1. The van der Waals surface area contributed by atoms with Crippen molar-refractivity contribution in [2.45, 2.75) is 33.7 Å². The van der Waals surface area contributed by atoms with Crippen LogP contribution in [0.3, 0.4) is 0 Å². The van der Waals surface area contributed by atoms with Crippen molar-refractivity contribution in [3.63, 3.8) is 0 Å². The SMILES string of the molecule is CC(=O)N1CCN([C@H](C)c2nc(N)c3c(C)c(C)sc3n2)CC1. The number of carbonyl (C=O) groups excluding carboxylic acids is 1. The van der Waals surface area contributed by atoms with E-state index in [0.29, 0.717) is 5.82 Å². The van der Waals surface area contributed by atoms with Crippen LogP contribution in [0.4, 0.5) is 5.82 Å². The monoisotopic (exact) mass is 333 g/mol. The highest BCUT2D eigenvalue weighted by atomic mass is 32.1. The van der Waals surface area contributed by atoms with E-state index in [4.69, 9.17) is 10.7 Å². The van der Waals surface area contributed by atoms with Gasteiger partial charge in [-0.25, -0.2) is 9.97 Å². The quantitative estimate of drug-likeness (QED) is 0.911. The summed E-state index contributed by atoms with van der Waals surface area (Å²) >= 11 is 1.67. The Morgan fingerprint density at radius 3 is 2.48 bits per heavy atom. The third kappa shape index (κ3) is 2.90. The Morgan fingerprint density at radius 2 is 1.87 bits per heavy atom. The van der Waals surface area contributed by atoms with Gasteiger partial charge < -0.3 is 10.6 Å². The molecule has 0 unspecified atom stereocenters. The number of amides is 1. The van der Waals surface area contributed by atoms with Crippen LogP contribution in [0.15, 0.2) is 0 Å². The lowest BCUT2D eigenvalue weighted by atomic mass is 10.2. The Hall–Kier alpha value is -1.73. The van der Waals surface area contributed by atoms with Crippen LogP contribution in [0, 0.1) is 13.8 Å². The second-order valence-corrected chi connectivity index (χ2v) is 7.35. The Morgan fingerprint density at radius 1 is 1.22 bits per heavy atom. The molecule has 124 valence electrons. The molecule has 2 aromatic rings. The van der Waals surface area contributed by atoms with E-state index < -0.39 is 0 Å². The normalized spacial score (nSPS) is 17.7. The number of rotatable bonds is 2. The average molecular weight is 333 g/mol. The van der Waals surface area contributed by atoms with Crippen molar-refractivity contribution in [1.82, 2.24) is 19.8 Å². The van der Waals surface area contributed by atoms with Crippen LogP contribution in [0.25, 0.3) is 10.2 Å². The first kappa shape index (κ1) is 16.1. The smallest absolute Gasteiger partial charge is 0.219 e. The molecule has 1 amide bonds. The maximum absolute atomic E-state index is 11.4. The van der Waals surface area contributed by atoms with Gasteiger partial charge >= 0.3 is 0 Å². The molecule has 0 aliphatic carbocycles. The van der Waals surface area contributed by atoms with Gasteiger partial charge in [-0.2, -0.15) is 0 Å². The first-order chi connectivity index (χ1) is 10.9. The molecule has 1 aliphatic heterocycles. The molecule has 1 saturated heterocycles. The van der Waals surface area contributed by atoms with Gasteiger partial charge in [0.2, 0.25) is 5.91 Å². The second kappa shape index (κ2) is 6.05. The van der Waals surface area contributed by atoms with Crippen molar-refractivity contribution in [2.24, 2.45) is 0 Å². The fourth-order valence-corrected chi connectivity index (χ4v) is 4.12. The van der Waals surface area contributed by atoms with Gasteiger partial charge in [-0.15, -0.1) is 11.3 Å². The first-order valence-electron chi connectivity index (χ1n) is 7.91. The van der Waals surface area contributed by atoms with Crippen molar-refractivity contribution in [3.05, 3.63) is 16.3 Å². The van der Waals surface area contributed by atoms with E-state index in [1.165, 1.54) is 10.4 Å². The van der Waals surface area contributed by atoms with Gasteiger partial charge in [-0.1, -0.05) is 0 Å². The molecule has 6 nitrogen and oxygen atoms in total. The van der Waals surface area contributed by atoms with E-state index in [1.807, 2.05) is 4.90 Å². The lowest BCUT2D eigenvalue weighted by molar-refractivity contribution is -0.130. The number of nitrogen functional groups attached to an aromatic ring is 1. The zero-order chi connectivity index (χ0) is 16.7. The van der Waals surface area contributed by atoms with E-state index >= 15 is 0 Å². The third-order valence-electron chi connectivity index (χ3n) is 4.75. The number of thiophene rings is 1. The van der Waals surface area contributed by atoms with Crippen molar-refractivity contribution in [2.75, 3.05) is 31.9 Å². The predicted molar refractivity (Wildman–Crippen MR) is 93.5 cm³/mol. The number of aryl methyl sites for hydroxylation is 2. The summed E-state index contributed by atoms with van der Waals surface area (Å²) in [5.74, 6) is 1.48. The first-order valence-corrected chi connectivity index (χ1v) is 8.72. The molecule has 23 heavy (non-hydrogen) atoms. The highest BCUT2D eigenvalue weighted by Gasteiger charge is 2.25. The summed E-state index contributed by atoms with van der Waals surface area (Å²) in [6.07, 6.45) is 0. The molecular formula is C16H23N5OS. The van der Waals surface area contributed by atoms with Gasteiger partial charge in [0.15, 0.2) is 0 Å². The molecule has 2 aromatic heterocycles. The van der Waals surface area contributed by atoms with Crippen LogP contribution in [0.5, 0.6) is 0 Å². The van der Waals surface area contributed by atoms with Crippen LogP contribution in [0.2, 0.25) is 0 Å². The number of aromatic nitrogens is 2. The fraction of sp³-hybridized carbons (Fsp3) is 0.562. The summed E-state index contributed by atoms with van der Waals surface area (Å²) in [6, 6.07) is 0.0959.